The minimum atomic E-state index is -0.383. The zero-order valence-corrected chi connectivity index (χ0v) is 17.5. The number of pyridine rings is 1. The number of nitrogens with one attached hydrogen (secondary N) is 1. The molecule has 2 heterocycles. The van der Waals surface area contributed by atoms with Gasteiger partial charge in [-0.05, 0) is 74.2 Å². The summed E-state index contributed by atoms with van der Waals surface area (Å²) in [5.74, 6) is -0.279. The second kappa shape index (κ2) is 8.00. The lowest BCUT2D eigenvalue weighted by Crippen LogP contribution is -2.29. The van der Waals surface area contributed by atoms with E-state index in [0.29, 0.717) is 29.4 Å². The predicted octanol–water partition coefficient (Wildman–Crippen LogP) is 4.95. The van der Waals surface area contributed by atoms with Crippen molar-refractivity contribution in [2.45, 2.75) is 26.3 Å². The van der Waals surface area contributed by atoms with Gasteiger partial charge in [-0.25, -0.2) is 9.07 Å². The average Bonchev–Trinajstić information content (AvgIpc) is 3.61. The van der Waals surface area contributed by atoms with Crippen molar-refractivity contribution in [3.05, 3.63) is 82.5 Å². The summed E-state index contributed by atoms with van der Waals surface area (Å²) in [6, 6.07) is 15.1. The first kappa shape index (κ1) is 20.1. The van der Waals surface area contributed by atoms with E-state index in [1.54, 1.807) is 18.3 Å². The van der Waals surface area contributed by atoms with Crippen molar-refractivity contribution in [2.24, 2.45) is 5.92 Å². The summed E-state index contributed by atoms with van der Waals surface area (Å²) in [5, 5.41) is 8.59. The molecule has 6 nitrogen and oxygen atoms in total. The van der Waals surface area contributed by atoms with Gasteiger partial charge in [0, 0.05) is 29.4 Å². The molecule has 32 heavy (non-hydrogen) atoms. The fraction of sp³-hybridized carbons (Fsp3) is 0.200. The van der Waals surface area contributed by atoms with E-state index >= 15 is 0 Å². The number of carbonyl (C=O) groups excluding carboxylic acids is 1. The molecule has 2 aromatic heterocycles. The van der Waals surface area contributed by atoms with E-state index in [2.05, 4.69) is 15.4 Å². The standard InChI is InChI=1S/C25H21FN4O2/c1-15(31)22-23(17-9-11-18(26)12-10-17)29-30(14-16-7-8-16)25(32)24(22)28-21-6-2-5-20-19(21)4-3-13-27-20/h2-6,9-13,16,28H,7-8,14H2,1H3. The number of anilines is 2. The molecule has 2 aromatic carbocycles. The van der Waals surface area contributed by atoms with Crippen LogP contribution in [0.2, 0.25) is 0 Å². The Morgan fingerprint density at radius 2 is 1.91 bits per heavy atom. The molecule has 0 unspecified atom stereocenters. The SMILES string of the molecule is CC(=O)c1c(-c2ccc(F)cc2)nn(CC2CC2)c(=O)c1Nc1cccc2ncccc12. The molecule has 1 saturated carbocycles. The molecule has 0 bridgehead atoms. The van der Waals surface area contributed by atoms with Gasteiger partial charge in [0.05, 0.1) is 11.1 Å². The van der Waals surface area contributed by atoms with Crippen LogP contribution in [0.1, 0.15) is 30.1 Å². The minimum Gasteiger partial charge on any atom is -0.350 e. The number of benzene rings is 2. The van der Waals surface area contributed by atoms with E-state index in [1.807, 2.05) is 30.3 Å². The first-order chi connectivity index (χ1) is 15.5. The van der Waals surface area contributed by atoms with Crippen LogP contribution >= 0.6 is 0 Å². The summed E-state index contributed by atoms with van der Waals surface area (Å²) in [6.07, 6.45) is 3.80. The molecule has 0 amide bonds. The quantitative estimate of drug-likeness (QED) is 0.440. The van der Waals surface area contributed by atoms with Crippen LogP contribution in [0, 0.1) is 11.7 Å². The Kier molecular flexibility index (Phi) is 5.01. The number of hydrogen-bond donors (Lipinski definition) is 1. The number of nitrogens with zero attached hydrogens (tertiary/aromatic N) is 3. The number of rotatable bonds is 6. The third-order valence-corrected chi connectivity index (χ3v) is 5.66. The maximum absolute atomic E-state index is 13.5. The number of fused-ring (bicyclic) bond motifs is 1. The highest BCUT2D eigenvalue weighted by atomic mass is 19.1. The molecule has 7 heteroatoms. The van der Waals surface area contributed by atoms with Gasteiger partial charge in [-0.1, -0.05) is 6.07 Å². The lowest BCUT2D eigenvalue weighted by molar-refractivity contribution is 0.101. The summed E-state index contributed by atoms with van der Waals surface area (Å²) < 4.78 is 15.0. The summed E-state index contributed by atoms with van der Waals surface area (Å²) in [4.78, 5) is 30.6. The molecule has 0 spiro atoms. The lowest BCUT2D eigenvalue weighted by Gasteiger charge is -2.17. The Bertz CT molecular complexity index is 1390. The van der Waals surface area contributed by atoms with Crippen LogP contribution in [0.15, 0.2) is 65.6 Å². The number of carbonyl (C=O) groups is 1. The van der Waals surface area contributed by atoms with Crippen LogP contribution in [0.25, 0.3) is 22.2 Å². The van der Waals surface area contributed by atoms with E-state index in [0.717, 1.165) is 23.7 Å². The Labute approximate surface area is 183 Å². The van der Waals surface area contributed by atoms with Crippen molar-refractivity contribution < 1.29 is 9.18 Å². The van der Waals surface area contributed by atoms with Crippen molar-refractivity contribution >= 4 is 28.1 Å². The molecule has 4 aromatic rings. The van der Waals surface area contributed by atoms with Crippen molar-refractivity contribution in [3.8, 4) is 11.3 Å². The molecule has 0 atom stereocenters. The van der Waals surface area contributed by atoms with Gasteiger partial charge in [0.1, 0.15) is 17.2 Å². The monoisotopic (exact) mass is 428 g/mol. The molecule has 0 saturated heterocycles. The van der Waals surface area contributed by atoms with E-state index in [1.165, 1.54) is 23.7 Å². The Hall–Kier alpha value is -3.87. The molecule has 0 radical (unpaired) electrons. The normalized spacial score (nSPS) is 13.3. The van der Waals surface area contributed by atoms with Crippen molar-refractivity contribution in [1.29, 1.82) is 0 Å². The summed E-state index contributed by atoms with van der Waals surface area (Å²) in [5.41, 5.74) is 2.38. The number of aromatic nitrogens is 3. The van der Waals surface area contributed by atoms with Gasteiger partial charge < -0.3 is 5.32 Å². The van der Waals surface area contributed by atoms with Crippen LogP contribution in [-0.4, -0.2) is 20.5 Å². The first-order valence-corrected chi connectivity index (χ1v) is 10.5. The van der Waals surface area contributed by atoms with Gasteiger partial charge in [0.15, 0.2) is 5.78 Å². The van der Waals surface area contributed by atoms with Crippen molar-refractivity contribution in [1.82, 2.24) is 14.8 Å². The van der Waals surface area contributed by atoms with Crippen LogP contribution in [-0.2, 0) is 6.54 Å². The summed E-state index contributed by atoms with van der Waals surface area (Å²) in [7, 11) is 0. The number of ketones is 1. The predicted molar refractivity (Wildman–Crippen MR) is 122 cm³/mol. The van der Waals surface area contributed by atoms with E-state index in [4.69, 9.17) is 0 Å². The highest BCUT2D eigenvalue weighted by Gasteiger charge is 2.27. The third-order valence-electron chi connectivity index (χ3n) is 5.66. The van der Waals surface area contributed by atoms with E-state index < -0.39 is 0 Å². The van der Waals surface area contributed by atoms with Crippen molar-refractivity contribution in [2.75, 3.05) is 5.32 Å². The minimum absolute atomic E-state index is 0.170. The van der Waals surface area contributed by atoms with Gasteiger partial charge in [-0.3, -0.25) is 14.6 Å². The number of Topliss-reactive ketones (excluding diaryl/α,β-unsaturated/α-hetero) is 1. The van der Waals surface area contributed by atoms with Crippen LogP contribution in [0.4, 0.5) is 15.8 Å². The second-order valence-corrected chi connectivity index (χ2v) is 8.09. The fourth-order valence-corrected chi connectivity index (χ4v) is 3.85. The zero-order valence-electron chi connectivity index (χ0n) is 17.5. The smallest absolute Gasteiger partial charge is 0.291 e. The summed E-state index contributed by atoms with van der Waals surface area (Å²) in [6.45, 7) is 1.89. The fourth-order valence-electron chi connectivity index (χ4n) is 3.85. The largest absolute Gasteiger partial charge is 0.350 e. The number of hydrogen-bond acceptors (Lipinski definition) is 5. The molecular formula is C25H21FN4O2. The summed E-state index contributed by atoms with van der Waals surface area (Å²) >= 11 is 0. The Balaban J connectivity index is 1.74. The van der Waals surface area contributed by atoms with E-state index in [9.17, 15) is 14.0 Å². The van der Waals surface area contributed by atoms with E-state index in [-0.39, 0.29) is 28.4 Å². The Morgan fingerprint density at radius 3 is 2.62 bits per heavy atom. The van der Waals surface area contributed by atoms with Crippen LogP contribution in [0.3, 0.4) is 0 Å². The third kappa shape index (κ3) is 3.77. The van der Waals surface area contributed by atoms with Gasteiger partial charge in [-0.2, -0.15) is 5.10 Å². The maximum Gasteiger partial charge on any atom is 0.291 e. The topological polar surface area (TPSA) is 76.9 Å². The van der Waals surface area contributed by atoms with Gasteiger partial charge >= 0.3 is 0 Å². The van der Waals surface area contributed by atoms with Gasteiger partial charge in [0.25, 0.3) is 5.56 Å². The highest BCUT2D eigenvalue weighted by Crippen LogP contribution is 2.33. The molecule has 5 rings (SSSR count). The molecule has 0 aliphatic heterocycles. The zero-order chi connectivity index (χ0) is 22.2. The average molecular weight is 428 g/mol. The first-order valence-electron chi connectivity index (χ1n) is 10.5. The van der Waals surface area contributed by atoms with Gasteiger partial charge in [-0.15, -0.1) is 0 Å². The highest BCUT2D eigenvalue weighted by molar-refractivity contribution is 6.06. The molecule has 160 valence electrons. The molecular weight excluding hydrogens is 407 g/mol. The van der Waals surface area contributed by atoms with Crippen LogP contribution < -0.4 is 10.9 Å². The number of halogens is 1. The van der Waals surface area contributed by atoms with Crippen LogP contribution in [0.5, 0.6) is 0 Å². The Morgan fingerprint density at radius 1 is 1.12 bits per heavy atom. The lowest BCUT2D eigenvalue weighted by atomic mass is 10.0. The maximum atomic E-state index is 13.5. The molecule has 1 aliphatic rings. The molecule has 1 fully saturated rings. The van der Waals surface area contributed by atoms with Gasteiger partial charge in [0.2, 0.25) is 0 Å². The second-order valence-electron chi connectivity index (χ2n) is 8.09. The molecule has 1 N–H and O–H groups in total. The van der Waals surface area contributed by atoms with Crippen molar-refractivity contribution in [3.63, 3.8) is 0 Å². The molecule has 1 aliphatic carbocycles.